The molecule has 0 aromatic rings. The van der Waals surface area contributed by atoms with Crippen LogP contribution < -0.4 is 21.7 Å². The summed E-state index contributed by atoms with van der Waals surface area (Å²) in [5, 5.41) is 24.8. The number of amides is 3. The van der Waals surface area contributed by atoms with Crippen molar-refractivity contribution in [2.75, 3.05) is 24.3 Å². The molecule has 0 rings (SSSR count). The van der Waals surface area contributed by atoms with Gasteiger partial charge in [-0.3, -0.25) is 19.2 Å². The lowest BCUT2D eigenvalue weighted by Crippen LogP contribution is -2.57. The van der Waals surface area contributed by atoms with Gasteiger partial charge in [-0.15, -0.1) is 0 Å². The predicted octanol–water partition coefficient (Wildman–Crippen LogP) is -1.97. The van der Waals surface area contributed by atoms with Gasteiger partial charge in [-0.2, -0.15) is 24.4 Å². The zero-order valence-electron chi connectivity index (χ0n) is 15.3. The molecular formula is C15H26N4O7S2. The Balaban J connectivity index is 5.02. The highest BCUT2D eigenvalue weighted by Crippen LogP contribution is 2.03. The number of nitrogens with one attached hydrogen (secondary N) is 3. The summed E-state index contributed by atoms with van der Waals surface area (Å²) in [4.78, 5) is 58.0. The molecule has 0 aliphatic heterocycles. The molecule has 0 fully saturated rings. The molecule has 13 heteroatoms. The molecule has 0 aromatic heterocycles. The third-order valence-electron chi connectivity index (χ3n) is 3.52. The van der Waals surface area contributed by atoms with Gasteiger partial charge in [-0.25, -0.2) is 4.79 Å². The van der Waals surface area contributed by atoms with Crippen molar-refractivity contribution in [2.24, 2.45) is 5.73 Å². The maximum absolute atomic E-state index is 12.4. The minimum atomic E-state index is -1.42. The van der Waals surface area contributed by atoms with E-state index >= 15 is 0 Å². The van der Waals surface area contributed by atoms with Gasteiger partial charge in [-0.1, -0.05) is 0 Å². The molecular weight excluding hydrogens is 412 g/mol. The number of carbonyl (C=O) groups excluding carboxylic acids is 3. The molecule has 0 aliphatic carbocycles. The minimum Gasteiger partial charge on any atom is -0.481 e. The topological polar surface area (TPSA) is 188 Å². The second kappa shape index (κ2) is 14.1. The van der Waals surface area contributed by atoms with Crippen LogP contribution in [0.4, 0.5) is 0 Å². The van der Waals surface area contributed by atoms with Crippen LogP contribution in [0.5, 0.6) is 0 Å². The van der Waals surface area contributed by atoms with Crippen LogP contribution in [0.2, 0.25) is 0 Å². The Morgan fingerprint density at radius 2 is 1.54 bits per heavy atom. The second-order valence-electron chi connectivity index (χ2n) is 5.68. The van der Waals surface area contributed by atoms with E-state index in [9.17, 15) is 24.0 Å². The van der Waals surface area contributed by atoms with Gasteiger partial charge in [0.25, 0.3) is 0 Å². The van der Waals surface area contributed by atoms with Crippen LogP contribution >= 0.6 is 24.4 Å². The molecule has 3 unspecified atom stereocenters. The number of aliphatic carboxylic acids is 2. The van der Waals surface area contributed by atoms with Crippen molar-refractivity contribution in [1.82, 2.24) is 16.0 Å². The van der Waals surface area contributed by atoms with Crippen LogP contribution in [0.25, 0.3) is 0 Å². The average Bonchev–Trinajstić information content (AvgIpc) is 2.65. The van der Waals surface area contributed by atoms with Crippen molar-refractivity contribution in [3.05, 3.63) is 0 Å². The summed E-state index contributed by atoms with van der Waals surface area (Å²) in [6.45, 7) is -0.302. The number of carboxylic acid groups (broad SMARTS) is 2. The molecule has 3 atom stereocenters. The van der Waals surface area contributed by atoms with Gasteiger partial charge in [-0.05, 0) is 24.9 Å². The number of hydrogen-bond acceptors (Lipinski definition) is 8. The smallest absolute Gasteiger partial charge is 0.326 e. The monoisotopic (exact) mass is 438 g/mol. The van der Waals surface area contributed by atoms with Crippen LogP contribution in [-0.4, -0.2) is 82.3 Å². The fraction of sp³-hybridized carbons (Fsp3) is 0.667. The summed E-state index contributed by atoms with van der Waals surface area (Å²) in [5.41, 5.74) is 5.23. The molecule has 28 heavy (non-hydrogen) atoms. The Morgan fingerprint density at radius 1 is 0.964 bits per heavy atom. The lowest BCUT2D eigenvalue weighted by atomic mass is 10.1. The highest BCUT2D eigenvalue weighted by atomic mass is 32.2. The summed E-state index contributed by atoms with van der Waals surface area (Å²) < 4.78 is 0. The Bertz CT molecular complexity index is 577. The average molecular weight is 439 g/mol. The van der Waals surface area contributed by atoms with Crippen molar-refractivity contribution in [1.29, 1.82) is 0 Å². The zero-order chi connectivity index (χ0) is 21.7. The van der Waals surface area contributed by atoms with Crippen LogP contribution in [0.1, 0.15) is 19.3 Å². The summed E-state index contributed by atoms with van der Waals surface area (Å²) in [7, 11) is 0. The summed E-state index contributed by atoms with van der Waals surface area (Å²) in [5.74, 6) is -4.16. The molecule has 0 saturated carbocycles. The number of thiol groups is 1. The SMILES string of the molecule is CSCCC(NC(=O)CN)C(=O)NC(CS)C(=O)NC(CCC(=O)O)C(=O)O. The van der Waals surface area contributed by atoms with E-state index in [0.29, 0.717) is 12.2 Å². The van der Waals surface area contributed by atoms with Gasteiger partial charge < -0.3 is 31.9 Å². The van der Waals surface area contributed by atoms with Gasteiger partial charge in [0, 0.05) is 12.2 Å². The van der Waals surface area contributed by atoms with Gasteiger partial charge in [0.15, 0.2) is 0 Å². The standard InChI is InChI=1S/C15H26N4O7S2/c1-28-5-4-8(17-11(20)6-16)13(23)19-10(7-27)14(24)18-9(15(25)26)2-3-12(21)22/h8-10,27H,2-7,16H2,1H3,(H,17,20)(H,18,24)(H,19,23)(H,21,22)(H,25,26). The van der Waals surface area contributed by atoms with Crippen LogP contribution in [-0.2, 0) is 24.0 Å². The molecule has 7 N–H and O–H groups in total. The van der Waals surface area contributed by atoms with Gasteiger partial charge >= 0.3 is 11.9 Å². The Labute approximate surface area is 172 Å². The summed E-state index contributed by atoms with van der Waals surface area (Å²) in [6, 6.07) is -3.51. The van der Waals surface area contributed by atoms with E-state index in [1.165, 1.54) is 11.8 Å². The fourth-order valence-corrected chi connectivity index (χ4v) is 2.75. The minimum absolute atomic E-state index is 0.136. The van der Waals surface area contributed by atoms with Gasteiger partial charge in [0.2, 0.25) is 17.7 Å². The molecule has 0 spiro atoms. The third kappa shape index (κ3) is 10.4. The number of hydrogen-bond donors (Lipinski definition) is 7. The van der Waals surface area contributed by atoms with Gasteiger partial charge in [0.05, 0.1) is 6.54 Å². The van der Waals surface area contributed by atoms with E-state index in [1.54, 1.807) is 0 Å². The number of nitrogens with two attached hydrogens (primary N) is 1. The van der Waals surface area contributed by atoms with Crippen molar-refractivity contribution >= 4 is 54.1 Å². The first-order chi connectivity index (χ1) is 13.2. The fourth-order valence-electron chi connectivity index (χ4n) is 2.02. The van der Waals surface area contributed by atoms with E-state index < -0.39 is 54.2 Å². The molecule has 0 radical (unpaired) electrons. The molecule has 0 aromatic carbocycles. The quantitative estimate of drug-likeness (QED) is 0.151. The lowest BCUT2D eigenvalue weighted by Gasteiger charge is -2.23. The maximum Gasteiger partial charge on any atom is 0.326 e. The second-order valence-corrected chi connectivity index (χ2v) is 7.03. The number of rotatable bonds is 14. The molecule has 0 heterocycles. The van der Waals surface area contributed by atoms with Crippen molar-refractivity contribution in [3.63, 3.8) is 0 Å². The first-order valence-corrected chi connectivity index (χ1v) is 10.3. The Kier molecular flexibility index (Phi) is 13.1. The molecule has 0 aliphatic rings. The van der Waals surface area contributed by atoms with Crippen LogP contribution in [0.15, 0.2) is 0 Å². The zero-order valence-corrected chi connectivity index (χ0v) is 17.1. The molecule has 0 bridgehead atoms. The highest BCUT2D eigenvalue weighted by molar-refractivity contribution is 7.98. The number of carboxylic acids is 2. The van der Waals surface area contributed by atoms with Crippen molar-refractivity contribution in [3.8, 4) is 0 Å². The normalized spacial score (nSPS) is 13.7. The van der Waals surface area contributed by atoms with E-state index in [-0.39, 0.29) is 18.7 Å². The number of thioether (sulfide) groups is 1. The summed E-state index contributed by atoms with van der Waals surface area (Å²) >= 11 is 5.45. The molecule has 0 saturated heterocycles. The largest absolute Gasteiger partial charge is 0.481 e. The van der Waals surface area contributed by atoms with Crippen molar-refractivity contribution in [2.45, 2.75) is 37.4 Å². The van der Waals surface area contributed by atoms with E-state index in [4.69, 9.17) is 15.9 Å². The maximum atomic E-state index is 12.4. The first kappa shape index (κ1) is 26.0. The molecule has 3 amide bonds. The summed E-state index contributed by atoms with van der Waals surface area (Å²) in [6.07, 6.45) is 1.37. The van der Waals surface area contributed by atoms with E-state index in [0.717, 1.165) is 0 Å². The lowest BCUT2D eigenvalue weighted by molar-refractivity contribution is -0.143. The first-order valence-electron chi connectivity index (χ1n) is 8.30. The van der Waals surface area contributed by atoms with Crippen LogP contribution in [0, 0.1) is 0 Å². The van der Waals surface area contributed by atoms with Gasteiger partial charge in [0.1, 0.15) is 18.1 Å². The van der Waals surface area contributed by atoms with Crippen LogP contribution in [0.3, 0.4) is 0 Å². The predicted molar refractivity (Wildman–Crippen MR) is 106 cm³/mol. The highest BCUT2D eigenvalue weighted by Gasteiger charge is 2.28. The Hall–Kier alpha value is -1.99. The third-order valence-corrected chi connectivity index (χ3v) is 4.53. The number of carbonyl (C=O) groups is 5. The Morgan fingerprint density at radius 3 is 2.00 bits per heavy atom. The molecule has 160 valence electrons. The van der Waals surface area contributed by atoms with E-state index in [2.05, 4.69) is 28.6 Å². The van der Waals surface area contributed by atoms with E-state index in [1.807, 2.05) is 6.26 Å². The van der Waals surface area contributed by atoms with Crippen molar-refractivity contribution < 1.29 is 34.2 Å². The molecule has 11 nitrogen and oxygen atoms in total.